The summed E-state index contributed by atoms with van der Waals surface area (Å²) in [6, 6.07) is 7.90. The molecule has 0 atom stereocenters. The molecule has 0 spiro atoms. The van der Waals surface area contributed by atoms with Crippen molar-refractivity contribution in [2.75, 3.05) is 58.4 Å². The molecule has 4 aromatic rings. The molecule has 0 bridgehead atoms. The number of nitrogens with one attached hydrogen (secondary N) is 1. The molecule has 3 aromatic heterocycles. The van der Waals surface area contributed by atoms with Crippen LogP contribution in [0.1, 0.15) is 17.7 Å². The first kappa shape index (κ1) is 22.8. The summed E-state index contributed by atoms with van der Waals surface area (Å²) in [6.07, 6.45) is 4.23. The molecule has 35 heavy (non-hydrogen) atoms. The Morgan fingerprint density at radius 3 is 2.69 bits per heavy atom. The van der Waals surface area contributed by atoms with Gasteiger partial charge >= 0.3 is 0 Å². The fraction of sp³-hybridized carbons (Fsp3) is 0.462. The maximum atomic E-state index is 14.5. The lowest BCUT2D eigenvalue weighted by Gasteiger charge is -2.34. The van der Waals surface area contributed by atoms with Gasteiger partial charge in [0.2, 0.25) is 0 Å². The van der Waals surface area contributed by atoms with E-state index < -0.39 is 0 Å². The Morgan fingerprint density at radius 1 is 1.11 bits per heavy atom. The van der Waals surface area contributed by atoms with Gasteiger partial charge in [-0.3, -0.25) is 4.90 Å². The van der Waals surface area contributed by atoms with Crippen molar-refractivity contribution in [2.45, 2.75) is 25.4 Å². The number of aromatic nitrogens is 3. The SMILES string of the molecule is CN(C)C1CCN(Cc2cc3nc(-c4cc(F)cc5[nH]ccc45)nc(N4CCOCC4)c3s2)CC1. The summed E-state index contributed by atoms with van der Waals surface area (Å²) in [5.74, 6) is 1.21. The van der Waals surface area contributed by atoms with Crippen LogP contribution in [0, 0.1) is 5.82 Å². The molecule has 1 aromatic carbocycles. The predicted octanol–water partition coefficient (Wildman–Crippen LogP) is 4.34. The van der Waals surface area contributed by atoms with Crippen molar-refractivity contribution in [1.29, 1.82) is 0 Å². The van der Waals surface area contributed by atoms with Gasteiger partial charge in [0.05, 0.1) is 23.4 Å². The molecule has 2 aliphatic rings. The Balaban J connectivity index is 1.38. The van der Waals surface area contributed by atoms with Crippen molar-refractivity contribution in [3.8, 4) is 11.4 Å². The second-order valence-electron chi connectivity index (χ2n) is 9.76. The van der Waals surface area contributed by atoms with Gasteiger partial charge < -0.3 is 19.5 Å². The number of benzene rings is 1. The highest BCUT2D eigenvalue weighted by atomic mass is 32.1. The molecule has 0 radical (unpaired) electrons. The summed E-state index contributed by atoms with van der Waals surface area (Å²) >= 11 is 1.79. The first-order valence-electron chi connectivity index (χ1n) is 12.3. The Kier molecular flexibility index (Phi) is 6.18. The van der Waals surface area contributed by atoms with E-state index in [1.165, 1.54) is 23.8 Å². The van der Waals surface area contributed by atoms with E-state index in [0.717, 1.165) is 65.2 Å². The second-order valence-corrected chi connectivity index (χ2v) is 10.9. The number of anilines is 1. The van der Waals surface area contributed by atoms with E-state index in [4.69, 9.17) is 14.7 Å². The zero-order valence-electron chi connectivity index (χ0n) is 20.3. The van der Waals surface area contributed by atoms with Crippen LogP contribution in [0.25, 0.3) is 32.5 Å². The monoisotopic (exact) mass is 494 g/mol. The topological polar surface area (TPSA) is 60.5 Å². The zero-order valence-corrected chi connectivity index (χ0v) is 21.1. The summed E-state index contributed by atoms with van der Waals surface area (Å²) in [4.78, 5) is 21.6. The predicted molar refractivity (Wildman–Crippen MR) is 140 cm³/mol. The number of likely N-dealkylation sites (tertiary alicyclic amines) is 1. The van der Waals surface area contributed by atoms with Crippen LogP contribution >= 0.6 is 11.3 Å². The number of morpholine rings is 1. The van der Waals surface area contributed by atoms with Crippen molar-refractivity contribution >= 4 is 38.3 Å². The molecule has 9 heteroatoms. The van der Waals surface area contributed by atoms with Crippen LogP contribution in [-0.2, 0) is 11.3 Å². The molecule has 2 fully saturated rings. The van der Waals surface area contributed by atoms with Gasteiger partial charge in [0.15, 0.2) is 11.6 Å². The van der Waals surface area contributed by atoms with E-state index >= 15 is 0 Å². The van der Waals surface area contributed by atoms with Crippen LogP contribution in [0.3, 0.4) is 0 Å². The van der Waals surface area contributed by atoms with Crippen molar-refractivity contribution in [3.05, 3.63) is 41.2 Å². The molecule has 0 saturated carbocycles. The van der Waals surface area contributed by atoms with Gasteiger partial charge in [-0.05, 0) is 51.2 Å². The van der Waals surface area contributed by atoms with Crippen LogP contribution in [0.15, 0.2) is 30.5 Å². The van der Waals surface area contributed by atoms with Gasteiger partial charge in [-0.25, -0.2) is 14.4 Å². The highest BCUT2D eigenvalue weighted by Gasteiger charge is 2.24. The number of piperidine rings is 1. The average Bonchev–Trinajstić information content (AvgIpc) is 3.50. The van der Waals surface area contributed by atoms with Crippen LogP contribution in [0.2, 0.25) is 0 Å². The Morgan fingerprint density at radius 2 is 1.91 bits per heavy atom. The van der Waals surface area contributed by atoms with E-state index in [2.05, 4.69) is 39.8 Å². The summed E-state index contributed by atoms with van der Waals surface area (Å²) in [5, 5.41) is 0.929. The minimum absolute atomic E-state index is 0.293. The molecule has 7 nitrogen and oxygen atoms in total. The van der Waals surface area contributed by atoms with Gasteiger partial charge in [0, 0.05) is 66.3 Å². The van der Waals surface area contributed by atoms with Crippen LogP contribution in [0.5, 0.6) is 0 Å². The molecule has 0 unspecified atom stereocenters. The fourth-order valence-electron chi connectivity index (χ4n) is 5.28. The summed E-state index contributed by atoms with van der Waals surface area (Å²) in [5.41, 5.74) is 2.41. The Labute approximate surface area is 208 Å². The van der Waals surface area contributed by atoms with Gasteiger partial charge in [0.25, 0.3) is 0 Å². The van der Waals surface area contributed by atoms with Gasteiger partial charge in [-0.1, -0.05) is 0 Å². The lowest BCUT2D eigenvalue weighted by Crippen LogP contribution is -2.41. The highest BCUT2D eigenvalue weighted by Crippen LogP contribution is 2.37. The summed E-state index contributed by atoms with van der Waals surface area (Å²) in [6.45, 7) is 6.10. The van der Waals surface area contributed by atoms with Gasteiger partial charge in [-0.15, -0.1) is 11.3 Å². The first-order chi connectivity index (χ1) is 17.0. The molecule has 184 valence electrons. The molecule has 5 heterocycles. The highest BCUT2D eigenvalue weighted by molar-refractivity contribution is 7.19. The second kappa shape index (κ2) is 9.46. The minimum Gasteiger partial charge on any atom is -0.378 e. The fourth-order valence-corrected chi connectivity index (χ4v) is 6.44. The maximum absolute atomic E-state index is 14.5. The number of rotatable bonds is 5. The molecule has 0 aliphatic carbocycles. The van der Waals surface area contributed by atoms with Crippen LogP contribution in [0.4, 0.5) is 10.2 Å². The van der Waals surface area contributed by atoms with E-state index in [1.807, 2.05) is 12.3 Å². The number of thiophene rings is 1. The van der Waals surface area contributed by atoms with Crippen molar-refractivity contribution in [2.24, 2.45) is 0 Å². The number of halogens is 1. The van der Waals surface area contributed by atoms with E-state index in [-0.39, 0.29) is 5.82 Å². The van der Waals surface area contributed by atoms with E-state index in [0.29, 0.717) is 25.1 Å². The molecule has 1 N–H and O–H groups in total. The first-order valence-corrected chi connectivity index (χ1v) is 13.2. The maximum Gasteiger partial charge on any atom is 0.163 e. The Bertz CT molecular complexity index is 1340. The average molecular weight is 495 g/mol. The number of fused-ring (bicyclic) bond motifs is 2. The molecular weight excluding hydrogens is 463 g/mol. The van der Waals surface area contributed by atoms with E-state index in [9.17, 15) is 4.39 Å². The number of hydrogen-bond acceptors (Lipinski definition) is 7. The molecule has 6 rings (SSSR count). The van der Waals surface area contributed by atoms with E-state index in [1.54, 1.807) is 17.4 Å². The summed E-state index contributed by atoms with van der Waals surface area (Å²) < 4.78 is 21.2. The quantitative estimate of drug-likeness (QED) is 0.445. The standard InChI is InChI=1S/C26H31FN6OS/c1-31(2)18-4-7-32(8-5-18)16-19-15-23-24(35-19)26(33-9-11-34-12-10-33)30-25(29-23)21-13-17(27)14-22-20(21)3-6-28-22/h3,6,13-15,18,28H,4-5,7-12,16H2,1-2H3. The summed E-state index contributed by atoms with van der Waals surface area (Å²) in [7, 11) is 4.35. The number of ether oxygens (including phenoxy) is 1. The molecule has 2 saturated heterocycles. The normalized spacial score (nSPS) is 18.3. The largest absolute Gasteiger partial charge is 0.378 e. The molecular formula is C26H31FN6OS. The molecule has 0 amide bonds. The van der Waals surface area contributed by atoms with Crippen molar-refractivity contribution in [3.63, 3.8) is 0 Å². The zero-order chi connectivity index (χ0) is 23.9. The number of H-pyrrole nitrogens is 1. The van der Waals surface area contributed by atoms with Crippen LogP contribution < -0.4 is 4.90 Å². The van der Waals surface area contributed by atoms with Crippen molar-refractivity contribution < 1.29 is 9.13 Å². The lowest BCUT2D eigenvalue weighted by molar-refractivity contribution is 0.122. The number of hydrogen-bond donors (Lipinski definition) is 1. The number of aromatic amines is 1. The minimum atomic E-state index is -0.293. The van der Waals surface area contributed by atoms with Gasteiger partial charge in [0.1, 0.15) is 5.82 Å². The van der Waals surface area contributed by atoms with Gasteiger partial charge in [-0.2, -0.15) is 0 Å². The number of nitrogens with zero attached hydrogens (tertiary/aromatic N) is 5. The third-order valence-corrected chi connectivity index (χ3v) is 8.36. The molecule has 2 aliphatic heterocycles. The smallest absolute Gasteiger partial charge is 0.163 e. The van der Waals surface area contributed by atoms with Crippen molar-refractivity contribution in [1.82, 2.24) is 24.8 Å². The van der Waals surface area contributed by atoms with Crippen LogP contribution in [-0.4, -0.2) is 84.3 Å². The third-order valence-electron chi connectivity index (χ3n) is 7.26. The Hall–Kier alpha value is -2.59. The third kappa shape index (κ3) is 4.53. The lowest BCUT2D eigenvalue weighted by atomic mass is 10.0.